The molecule has 2 N–H and O–H groups in total. The Hall–Kier alpha value is -1.81. The summed E-state index contributed by atoms with van der Waals surface area (Å²) in [5.41, 5.74) is 4.34. The molecular formula is C18H25NO3. The summed E-state index contributed by atoms with van der Waals surface area (Å²) in [5, 5.41) is 19.8. The number of aliphatic hydroxyl groups excluding tert-OH is 1. The highest BCUT2D eigenvalue weighted by molar-refractivity contribution is 6.05. The third kappa shape index (κ3) is 2.88. The van der Waals surface area contributed by atoms with Crippen LogP contribution in [0, 0.1) is 13.8 Å². The lowest BCUT2D eigenvalue weighted by Crippen LogP contribution is -2.07. The highest BCUT2D eigenvalue weighted by Crippen LogP contribution is 2.32. The maximum Gasteiger partial charge on any atom is 0.338 e. The van der Waals surface area contributed by atoms with E-state index in [9.17, 15) is 9.90 Å². The van der Waals surface area contributed by atoms with Crippen LogP contribution in [0.4, 0.5) is 0 Å². The van der Waals surface area contributed by atoms with Crippen LogP contribution in [0.15, 0.2) is 12.1 Å². The van der Waals surface area contributed by atoms with Crippen LogP contribution >= 0.6 is 0 Å². The van der Waals surface area contributed by atoms with Gasteiger partial charge in [-0.2, -0.15) is 0 Å². The Bertz CT molecular complexity index is 685. The molecule has 1 heterocycles. The van der Waals surface area contributed by atoms with Crippen molar-refractivity contribution >= 4 is 16.9 Å². The monoisotopic (exact) mass is 303 g/mol. The van der Waals surface area contributed by atoms with E-state index in [0.29, 0.717) is 12.0 Å². The van der Waals surface area contributed by atoms with Crippen LogP contribution in [0.3, 0.4) is 0 Å². The Morgan fingerprint density at radius 1 is 1.23 bits per heavy atom. The lowest BCUT2D eigenvalue weighted by Gasteiger charge is -2.11. The average Bonchev–Trinajstić information content (AvgIpc) is 2.74. The van der Waals surface area contributed by atoms with E-state index in [1.54, 1.807) is 0 Å². The van der Waals surface area contributed by atoms with Crippen molar-refractivity contribution in [2.24, 2.45) is 0 Å². The van der Waals surface area contributed by atoms with E-state index in [1.807, 2.05) is 19.1 Å². The molecule has 0 fully saturated rings. The Morgan fingerprint density at radius 3 is 2.55 bits per heavy atom. The number of carbonyl (C=O) groups is 1. The maximum atomic E-state index is 11.7. The van der Waals surface area contributed by atoms with E-state index in [2.05, 4.69) is 18.4 Å². The van der Waals surface area contributed by atoms with E-state index in [-0.39, 0.29) is 6.61 Å². The molecule has 0 aliphatic carbocycles. The summed E-state index contributed by atoms with van der Waals surface area (Å²) in [6.07, 6.45) is 3.57. The van der Waals surface area contributed by atoms with Crippen LogP contribution in [0.25, 0.3) is 10.9 Å². The molecule has 0 spiro atoms. The molecule has 0 aliphatic heterocycles. The van der Waals surface area contributed by atoms with Gasteiger partial charge in [0.05, 0.1) is 11.1 Å². The molecule has 0 bridgehead atoms. The van der Waals surface area contributed by atoms with Gasteiger partial charge in [0, 0.05) is 24.2 Å². The quantitative estimate of drug-likeness (QED) is 0.820. The summed E-state index contributed by atoms with van der Waals surface area (Å²) in [7, 11) is 0. The van der Waals surface area contributed by atoms with E-state index in [1.165, 1.54) is 5.56 Å². The number of carboxylic acid groups (broad SMARTS) is 1. The van der Waals surface area contributed by atoms with Crippen molar-refractivity contribution in [1.29, 1.82) is 0 Å². The predicted molar refractivity (Wildman–Crippen MR) is 88.7 cm³/mol. The molecule has 2 rings (SSSR count). The molecule has 22 heavy (non-hydrogen) atoms. The number of hydrogen-bond donors (Lipinski definition) is 2. The van der Waals surface area contributed by atoms with Crippen molar-refractivity contribution in [3.63, 3.8) is 0 Å². The van der Waals surface area contributed by atoms with Crippen molar-refractivity contribution < 1.29 is 15.0 Å². The van der Waals surface area contributed by atoms with Gasteiger partial charge in [-0.05, 0) is 44.2 Å². The maximum absolute atomic E-state index is 11.7. The Labute approximate surface area is 131 Å². The first-order valence-electron chi connectivity index (χ1n) is 7.98. The number of aromatic carboxylic acids is 1. The van der Waals surface area contributed by atoms with E-state index in [0.717, 1.165) is 48.0 Å². The van der Waals surface area contributed by atoms with Crippen LogP contribution in [0.1, 0.15) is 53.4 Å². The molecule has 0 atom stereocenters. The number of hydrogen-bond acceptors (Lipinski definition) is 2. The zero-order valence-electron chi connectivity index (χ0n) is 13.6. The summed E-state index contributed by atoms with van der Waals surface area (Å²) in [6.45, 7) is 7.03. The second kappa shape index (κ2) is 6.97. The molecule has 0 unspecified atom stereocenters. The molecular weight excluding hydrogens is 278 g/mol. The van der Waals surface area contributed by atoms with Gasteiger partial charge in [0.1, 0.15) is 0 Å². The second-order valence-electron chi connectivity index (χ2n) is 5.86. The average molecular weight is 303 g/mol. The Kier molecular flexibility index (Phi) is 5.24. The molecule has 0 saturated heterocycles. The van der Waals surface area contributed by atoms with Crippen molar-refractivity contribution in [2.75, 3.05) is 6.61 Å². The van der Waals surface area contributed by atoms with Gasteiger partial charge in [-0.3, -0.25) is 0 Å². The predicted octanol–water partition coefficient (Wildman–Crippen LogP) is 3.68. The first-order chi connectivity index (χ1) is 10.5. The fourth-order valence-corrected chi connectivity index (χ4v) is 3.18. The van der Waals surface area contributed by atoms with Crippen molar-refractivity contribution in [3.8, 4) is 0 Å². The van der Waals surface area contributed by atoms with Crippen LogP contribution in [0.5, 0.6) is 0 Å². The summed E-state index contributed by atoms with van der Waals surface area (Å²) in [5.74, 6) is -0.868. The third-order valence-corrected chi connectivity index (χ3v) is 4.36. The Morgan fingerprint density at radius 2 is 1.95 bits per heavy atom. The molecule has 1 aromatic heterocycles. The topological polar surface area (TPSA) is 62.5 Å². The fourth-order valence-electron chi connectivity index (χ4n) is 3.18. The minimum Gasteiger partial charge on any atom is -0.478 e. The largest absolute Gasteiger partial charge is 0.478 e. The van der Waals surface area contributed by atoms with Crippen molar-refractivity contribution in [3.05, 3.63) is 34.5 Å². The lowest BCUT2D eigenvalue weighted by molar-refractivity contribution is 0.0698. The molecule has 4 heteroatoms. The normalized spacial score (nSPS) is 11.3. The van der Waals surface area contributed by atoms with E-state index < -0.39 is 5.97 Å². The van der Waals surface area contributed by atoms with Gasteiger partial charge in [-0.25, -0.2) is 4.79 Å². The fraction of sp³-hybridized carbons (Fsp3) is 0.500. The second-order valence-corrected chi connectivity index (χ2v) is 5.86. The summed E-state index contributed by atoms with van der Waals surface area (Å²) < 4.78 is 2.15. The van der Waals surface area contributed by atoms with Gasteiger partial charge in [0.25, 0.3) is 0 Å². The van der Waals surface area contributed by atoms with E-state index in [4.69, 9.17) is 5.11 Å². The van der Waals surface area contributed by atoms with Gasteiger partial charge in [0.2, 0.25) is 0 Å². The summed E-state index contributed by atoms with van der Waals surface area (Å²) in [6, 6.07) is 3.91. The molecule has 0 amide bonds. The molecule has 0 radical (unpaired) electrons. The number of nitrogens with zero attached hydrogens (tertiary/aromatic N) is 1. The van der Waals surface area contributed by atoms with Gasteiger partial charge in [0.15, 0.2) is 0 Å². The Balaban J connectivity index is 2.74. The summed E-state index contributed by atoms with van der Waals surface area (Å²) in [4.78, 5) is 11.7. The first-order valence-corrected chi connectivity index (χ1v) is 7.98. The number of rotatable bonds is 7. The summed E-state index contributed by atoms with van der Waals surface area (Å²) >= 11 is 0. The SMILES string of the molecule is CCCCn1c(C)c(CCCO)c2ccc(C)c(C(=O)O)c21. The van der Waals surface area contributed by atoms with Crippen molar-refractivity contribution in [1.82, 2.24) is 4.57 Å². The van der Waals surface area contributed by atoms with Crippen molar-refractivity contribution in [2.45, 2.75) is 53.0 Å². The van der Waals surface area contributed by atoms with Crippen LogP contribution in [-0.4, -0.2) is 27.4 Å². The molecule has 120 valence electrons. The zero-order valence-corrected chi connectivity index (χ0v) is 13.6. The van der Waals surface area contributed by atoms with Gasteiger partial charge >= 0.3 is 5.97 Å². The van der Waals surface area contributed by atoms with Gasteiger partial charge in [-0.15, -0.1) is 0 Å². The minimum absolute atomic E-state index is 0.152. The third-order valence-electron chi connectivity index (χ3n) is 4.36. The highest BCUT2D eigenvalue weighted by atomic mass is 16.4. The number of aryl methyl sites for hydroxylation is 3. The first kappa shape index (κ1) is 16.6. The highest BCUT2D eigenvalue weighted by Gasteiger charge is 2.21. The minimum atomic E-state index is -0.868. The van der Waals surface area contributed by atoms with E-state index >= 15 is 0 Å². The number of fused-ring (bicyclic) bond motifs is 1. The smallest absolute Gasteiger partial charge is 0.338 e. The molecule has 4 nitrogen and oxygen atoms in total. The van der Waals surface area contributed by atoms with Gasteiger partial charge < -0.3 is 14.8 Å². The van der Waals surface area contributed by atoms with Gasteiger partial charge in [-0.1, -0.05) is 25.5 Å². The number of carboxylic acids is 1. The van der Waals surface area contributed by atoms with Crippen LogP contribution in [-0.2, 0) is 13.0 Å². The molecule has 0 saturated carbocycles. The number of aromatic nitrogens is 1. The number of aliphatic hydroxyl groups is 1. The zero-order chi connectivity index (χ0) is 16.3. The molecule has 2 aromatic rings. The number of benzene rings is 1. The molecule has 1 aromatic carbocycles. The standard InChI is InChI=1S/C18H25NO3/c1-4-5-10-19-13(3)14(7-6-11-20)15-9-8-12(2)16(17(15)19)18(21)22/h8-9,20H,4-7,10-11H2,1-3H3,(H,21,22). The number of unbranched alkanes of at least 4 members (excludes halogenated alkanes) is 1. The van der Waals surface area contributed by atoms with Crippen LogP contribution in [0.2, 0.25) is 0 Å². The molecule has 0 aliphatic rings. The van der Waals surface area contributed by atoms with Crippen LogP contribution < -0.4 is 0 Å². The lowest BCUT2D eigenvalue weighted by atomic mass is 10.0.